The molecule has 1 saturated heterocycles. The van der Waals surface area contributed by atoms with E-state index >= 15 is 0 Å². The van der Waals surface area contributed by atoms with Gasteiger partial charge in [0.2, 0.25) is 0 Å². The van der Waals surface area contributed by atoms with E-state index in [-0.39, 0.29) is 12.1 Å². The number of nitrogens with zero attached hydrogens (tertiary/aromatic N) is 3. The second-order valence-electron chi connectivity index (χ2n) is 8.55. The Labute approximate surface area is 194 Å². The Bertz CT molecular complexity index is 1260. The lowest BCUT2D eigenvalue weighted by Crippen LogP contribution is -2.52. The Morgan fingerprint density at radius 3 is 2.41 bits per heavy atom. The molecular formula is C25H23F4N3O2. The third-order valence-electron chi connectivity index (χ3n) is 6.16. The molecule has 1 aliphatic rings. The molecule has 1 atom stereocenters. The summed E-state index contributed by atoms with van der Waals surface area (Å²) in [4.78, 5) is 18.7. The number of hydrogen-bond donors (Lipinski definition) is 1. The van der Waals surface area contributed by atoms with Crippen molar-refractivity contribution in [3.8, 4) is 5.69 Å². The number of carbonyl (C=O) groups is 1. The molecule has 0 saturated carbocycles. The van der Waals surface area contributed by atoms with E-state index in [1.807, 2.05) is 0 Å². The van der Waals surface area contributed by atoms with E-state index in [9.17, 15) is 27.5 Å². The zero-order valence-corrected chi connectivity index (χ0v) is 18.7. The number of carbonyl (C=O) groups excluding carboxylic acids is 1. The van der Waals surface area contributed by atoms with Crippen molar-refractivity contribution >= 4 is 12.0 Å². The molecule has 9 heteroatoms. The number of likely N-dealkylation sites (tertiary alicyclic amines) is 1. The lowest BCUT2D eigenvalue weighted by Gasteiger charge is -2.43. The van der Waals surface area contributed by atoms with Gasteiger partial charge in [0, 0.05) is 18.3 Å². The summed E-state index contributed by atoms with van der Waals surface area (Å²) >= 11 is 0. The number of amides is 1. The predicted molar refractivity (Wildman–Crippen MR) is 118 cm³/mol. The third kappa shape index (κ3) is 4.23. The molecule has 1 aromatic heterocycles. The fourth-order valence-corrected chi connectivity index (χ4v) is 4.19. The number of halogens is 4. The van der Waals surface area contributed by atoms with Crippen LogP contribution < -0.4 is 0 Å². The number of aromatic nitrogens is 2. The van der Waals surface area contributed by atoms with Gasteiger partial charge < -0.3 is 14.6 Å². The standard InChI is InChI=1S/C25H23F4N3O2/c1-15-12-31(14-30-15)22-6-5-16(9-19(22)26)8-17-4-3-7-32(24(17)34)25(2,13-33)18-10-20(27)23(29)21(28)11-18/h5-6,8-12,14,33H,3-4,7,13H2,1-2H3/b17-8+/t25-/m1/s1. The third-order valence-corrected chi connectivity index (χ3v) is 6.16. The Balaban J connectivity index is 1.65. The molecule has 0 spiro atoms. The topological polar surface area (TPSA) is 58.4 Å². The van der Waals surface area contributed by atoms with Crippen molar-refractivity contribution in [2.24, 2.45) is 0 Å². The van der Waals surface area contributed by atoms with Crippen molar-refractivity contribution in [3.05, 3.63) is 88.5 Å². The van der Waals surface area contributed by atoms with Gasteiger partial charge in [-0.2, -0.15) is 0 Å². The lowest BCUT2D eigenvalue weighted by molar-refractivity contribution is -0.137. The average molecular weight is 473 g/mol. The maximum atomic E-state index is 14.7. The number of imidazole rings is 1. The number of aryl methyl sites for hydroxylation is 1. The number of rotatable bonds is 5. The number of piperidine rings is 1. The van der Waals surface area contributed by atoms with Crippen LogP contribution in [-0.2, 0) is 10.3 Å². The highest BCUT2D eigenvalue weighted by Crippen LogP contribution is 2.35. The van der Waals surface area contributed by atoms with Crippen molar-refractivity contribution in [2.45, 2.75) is 32.2 Å². The minimum absolute atomic E-state index is 0.0629. The van der Waals surface area contributed by atoms with Crippen LogP contribution in [0.25, 0.3) is 11.8 Å². The number of aliphatic hydroxyl groups is 1. The number of benzene rings is 2. The van der Waals surface area contributed by atoms with Gasteiger partial charge in [0.05, 0.1) is 29.9 Å². The van der Waals surface area contributed by atoms with E-state index in [0.29, 0.717) is 29.7 Å². The van der Waals surface area contributed by atoms with Crippen LogP contribution in [0.2, 0.25) is 0 Å². The molecule has 2 aromatic carbocycles. The fraction of sp³-hybridized carbons (Fsp3) is 0.280. The minimum atomic E-state index is -1.62. The second-order valence-corrected chi connectivity index (χ2v) is 8.55. The van der Waals surface area contributed by atoms with Crippen LogP contribution >= 0.6 is 0 Å². The molecular weight excluding hydrogens is 450 g/mol. The largest absolute Gasteiger partial charge is 0.394 e. The zero-order valence-electron chi connectivity index (χ0n) is 18.7. The first-order valence-electron chi connectivity index (χ1n) is 10.7. The maximum Gasteiger partial charge on any atom is 0.250 e. The molecule has 3 aromatic rings. The average Bonchev–Trinajstić information content (AvgIpc) is 3.24. The second kappa shape index (κ2) is 9.06. The van der Waals surface area contributed by atoms with Crippen LogP contribution in [0.3, 0.4) is 0 Å². The van der Waals surface area contributed by atoms with Gasteiger partial charge in [-0.15, -0.1) is 0 Å². The molecule has 1 amide bonds. The molecule has 0 aliphatic carbocycles. The smallest absolute Gasteiger partial charge is 0.250 e. The SMILES string of the molecule is Cc1cn(-c2ccc(/C=C3\CCCN([C@](C)(CO)c4cc(F)c(F)c(F)c4)C3=O)cc2F)cn1. The van der Waals surface area contributed by atoms with Gasteiger partial charge in [0.25, 0.3) is 5.91 Å². The molecule has 1 N–H and O–H groups in total. The summed E-state index contributed by atoms with van der Waals surface area (Å²) in [5.41, 5.74) is 0.332. The molecule has 2 heterocycles. The van der Waals surface area contributed by atoms with Crippen LogP contribution in [0.1, 0.15) is 36.6 Å². The highest BCUT2D eigenvalue weighted by molar-refractivity contribution is 5.99. The van der Waals surface area contributed by atoms with Crippen LogP contribution in [0.4, 0.5) is 17.6 Å². The Hall–Kier alpha value is -3.46. The summed E-state index contributed by atoms with van der Waals surface area (Å²) in [5, 5.41) is 10.1. The van der Waals surface area contributed by atoms with Crippen LogP contribution in [0.15, 0.2) is 48.4 Å². The summed E-state index contributed by atoms with van der Waals surface area (Å²) in [6.07, 6.45) is 5.69. The summed E-state index contributed by atoms with van der Waals surface area (Å²) < 4.78 is 57.5. The molecule has 1 fully saturated rings. The Morgan fingerprint density at radius 1 is 1.12 bits per heavy atom. The molecule has 4 rings (SSSR count). The van der Waals surface area contributed by atoms with E-state index in [4.69, 9.17) is 0 Å². The molecule has 34 heavy (non-hydrogen) atoms. The Morgan fingerprint density at radius 2 is 1.82 bits per heavy atom. The zero-order chi connectivity index (χ0) is 24.6. The normalized spacial score (nSPS) is 17.3. The summed E-state index contributed by atoms with van der Waals surface area (Å²) in [6, 6.07) is 6.12. The van der Waals surface area contributed by atoms with Crippen LogP contribution in [0.5, 0.6) is 0 Å². The van der Waals surface area contributed by atoms with Gasteiger partial charge >= 0.3 is 0 Å². The van der Waals surface area contributed by atoms with Crippen LogP contribution in [0, 0.1) is 30.2 Å². The highest BCUT2D eigenvalue weighted by atomic mass is 19.2. The van der Waals surface area contributed by atoms with Gasteiger partial charge in [-0.25, -0.2) is 22.5 Å². The number of aliphatic hydroxyl groups excluding tert-OH is 1. The van der Waals surface area contributed by atoms with E-state index in [0.717, 1.165) is 17.8 Å². The van der Waals surface area contributed by atoms with E-state index in [1.165, 1.54) is 24.2 Å². The summed E-state index contributed by atoms with van der Waals surface area (Å²) in [7, 11) is 0. The van der Waals surface area contributed by atoms with Crippen molar-refractivity contribution in [1.82, 2.24) is 14.5 Å². The molecule has 0 bridgehead atoms. The van der Waals surface area contributed by atoms with Crippen molar-refractivity contribution in [2.75, 3.05) is 13.2 Å². The number of hydrogen-bond acceptors (Lipinski definition) is 3. The van der Waals surface area contributed by atoms with Gasteiger partial charge in [-0.1, -0.05) is 6.07 Å². The highest BCUT2D eigenvalue weighted by Gasteiger charge is 2.40. The van der Waals surface area contributed by atoms with Crippen LogP contribution in [-0.4, -0.2) is 38.6 Å². The van der Waals surface area contributed by atoms with Gasteiger partial charge in [-0.3, -0.25) is 4.79 Å². The molecule has 0 radical (unpaired) electrons. The monoisotopic (exact) mass is 473 g/mol. The lowest BCUT2D eigenvalue weighted by atomic mass is 9.87. The summed E-state index contributed by atoms with van der Waals surface area (Å²) in [6.45, 7) is 2.84. The molecule has 0 unspecified atom stereocenters. The maximum absolute atomic E-state index is 14.7. The molecule has 5 nitrogen and oxygen atoms in total. The van der Waals surface area contributed by atoms with Crippen molar-refractivity contribution < 1.29 is 27.5 Å². The van der Waals surface area contributed by atoms with E-state index in [2.05, 4.69) is 4.98 Å². The minimum Gasteiger partial charge on any atom is -0.394 e. The molecule has 178 valence electrons. The van der Waals surface area contributed by atoms with Gasteiger partial charge in [0.15, 0.2) is 17.5 Å². The quantitative estimate of drug-likeness (QED) is 0.334. The van der Waals surface area contributed by atoms with E-state index < -0.39 is 41.3 Å². The first kappa shape index (κ1) is 23.7. The summed E-state index contributed by atoms with van der Waals surface area (Å²) in [5.74, 6) is -5.38. The Kier molecular flexibility index (Phi) is 6.31. The van der Waals surface area contributed by atoms with Crippen molar-refractivity contribution in [1.29, 1.82) is 0 Å². The fourth-order valence-electron chi connectivity index (χ4n) is 4.19. The predicted octanol–water partition coefficient (Wildman–Crippen LogP) is 4.65. The first-order chi connectivity index (χ1) is 16.1. The van der Waals surface area contributed by atoms with Crippen molar-refractivity contribution in [3.63, 3.8) is 0 Å². The molecule has 1 aliphatic heterocycles. The van der Waals surface area contributed by atoms with Gasteiger partial charge in [-0.05, 0) is 68.2 Å². The van der Waals surface area contributed by atoms with Gasteiger partial charge in [0.1, 0.15) is 5.82 Å². The first-order valence-corrected chi connectivity index (χ1v) is 10.7. The van der Waals surface area contributed by atoms with E-state index in [1.54, 1.807) is 35.9 Å².